The first-order chi connectivity index (χ1) is 15.8. The predicted octanol–water partition coefficient (Wildman–Crippen LogP) is 4.70. The number of hydrogen-bond donors (Lipinski definition) is 1. The molecule has 2 aromatic heterocycles. The summed E-state index contributed by atoms with van der Waals surface area (Å²) >= 11 is 1.53. The van der Waals surface area contributed by atoms with E-state index in [1.54, 1.807) is 38.1 Å². The highest BCUT2D eigenvalue weighted by Crippen LogP contribution is 2.30. The monoisotopic (exact) mass is 489 g/mol. The number of hydrogen-bond acceptors (Lipinski definition) is 6. The normalized spacial score (nSPS) is 15.8. The number of amides is 1. The molecular weight excluding hydrogens is 465 g/mol. The van der Waals surface area contributed by atoms with E-state index >= 15 is 0 Å². The zero-order valence-corrected chi connectivity index (χ0v) is 19.9. The lowest BCUT2D eigenvalue weighted by Crippen LogP contribution is -2.41. The molecule has 0 saturated carbocycles. The van der Waals surface area contributed by atoms with E-state index in [1.165, 1.54) is 21.7 Å². The Morgan fingerprint density at radius 3 is 2.67 bits per heavy atom. The second kappa shape index (κ2) is 9.58. The van der Waals surface area contributed by atoms with E-state index in [0.29, 0.717) is 29.8 Å². The van der Waals surface area contributed by atoms with Crippen LogP contribution in [0.1, 0.15) is 34.7 Å². The molecule has 1 aliphatic heterocycles. The zero-order valence-electron chi connectivity index (χ0n) is 18.2. The first kappa shape index (κ1) is 23.3. The Kier molecular flexibility index (Phi) is 6.78. The van der Waals surface area contributed by atoms with Crippen LogP contribution in [0.5, 0.6) is 0 Å². The second-order valence-corrected chi connectivity index (χ2v) is 10.8. The van der Waals surface area contributed by atoms with Crippen molar-refractivity contribution in [1.29, 1.82) is 0 Å². The SMILES string of the molecule is Cc1ccc(NC(=O)C2CCN(S(=O)(=O)c3c(C)noc3C=Cc3cccs3)CC2)cc1F. The van der Waals surface area contributed by atoms with Crippen molar-refractivity contribution in [1.82, 2.24) is 9.46 Å². The fourth-order valence-corrected chi connectivity index (χ4v) is 6.08. The van der Waals surface area contributed by atoms with Crippen molar-refractivity contribution < 1.29 is 22.1 Å². The Labute approximate surface area is 196 Å². The van der Waals surface area contributed by atoms with Gasteiger partial charge in [0, 0.05) is 29.6 Å². The van der Waals surface area contributed by atoms with Crippen LogP contribution >= 0.6 is 11.3 Å². The molecule has 7 nitrogen and oxygen atoms in total. The number of carbonyl (C=O) groups is 1. The minimum Gasteiger partial charge on any atom is -0.355 e. The summed E-state index contributed by atoms with van der Waals surface area (Å²) in [7, 11) is -3.84. The van der Waals surface area contributed by atoms with Crippen LogP contribution in [-0.2, 0) is 14.8 Å². The molecule has 174 valence electrons. The second-order valence-electron chi connectivity index (χ2n) is 7.94. The van der Waals surface area contributed by atoms with Crippen LogP contribution in [0.2, 0.25) is 0 Å². The summed E-state index contributed by atoms with van der Waals surface area (Å²) in [5.74, 6) is -0.803. The Bertz CT molecular complexity index is 1280. The number of carbonyl (C=O) groups excluding carboxylic acids is 1. The molecule has 33 heavy (non-hydrogen) atoms. The van der Waals surface area contributed by atoms with Crippen molar-refractivity contribution in [2.45, 2.75) is 31.6 Å². The van der Waals surface area contributed by atoms with Gasteiger partial charge in [0.2, 0.25) is 15.9 Å². The standard InChI is InChI=1S/C23H24FN3O4S2/c1-15-5-6-18(14-20(15)24)25-23(28)17-9-11-27(12-10-17)33(29,30)22-16(2)26-31-21(22)8-7-19-4-3-13-32-19/h3-8,13-14,17H,9-12H2,1-2H3,(H,25,28). The van der Waals surface area contributed by atoms with Gasteiger partial charge in [0.25, 0.3) is 0 Å². The molecule has 10 heteroatoms. The maximum Gasteiger partial charge on any atom is 0.248 e. The summed E-state index contributed by atoms with van der Waals surface area (Å²) in [6.45, 7) is 3.64. The summed E-state index contributed by atoms with van der Waals surface area (Å²) in [6, 6.07) is 8.36. The molecule has 0 bridgehead atoms. The number of halogens is 1. The lowest BCUT2D eigenvalue weighted by atomic mass is 9.97. The van der Waals surface area contributed by atoms with E-state index in [0.717, 1.165) is 4.88 Å². The van der Waals surface area contributed by atoms with Crippen molar-refractivity contribution in [3.63, 3.8) is 0 Å². The summed E-state index contributed by atoms with van der Waals surface area (Å²) in [5, 5.41) is 8.52. The lowest BCUT2D eigenvalue weighted by molar-refractivity contribution is -0.120. The van der Waals surface area contributed by atoms with E-state index in [1.807, 2.05) is 17.5 Å². The van der Waals surface area contributed by atoms with Gasteiger partial charge in [-0.15, -0.1) is 11.3 Å². The number of thiophene rings is 1. The Morgan fingerprint density at radius 1 is 1.24 bits per heavy atom. The van der Waals surface area contributed by atoms with Crippen molar-refractivity contribution in [2.24, 2.45) is 5.92 Å². The topological polar surface area (TPSA) is 92.5 Å². The van der Waals surface area contributed by atoms with E-state index < -0.39 is 10.0 Å². The summed E-state index contributed by atoms with van der Waals surface area (Å²) < 4.78 is 47.1. The molecule has 3 heterocycles. The maximum absolute atomic E-state index is 13.7. The molecule has 1 fully saturated rings. The van der Waals surface area contributed by atoms with Crippen LogP contribution in [-0.4, -0.2) is 36.9 Å². The molecular formula is C23H24FN3O4S2. The number of nitrogens with zero attached hydrogens (tertiary/aromatic N) is 2. The molecule has 0 unspecified atom stereocenters. The van der Waals surface area contributed by atoms with Gasteiger partial charge < -0.3 is 9.84 Å². The quantitative estimate of drug-likeness (QED) is 0.542. The van der Waals surface area contributed by atoms with Crippen LogP contribution in [0, 0.1) is 25.6 Å². The smallest absolute Gasteiger partial charge is 0.248 e. The van der Waals surface area contributed by atoms with Gasteiger partial charge in [-0.05, 0) is 68.0 Å². The molecule has 4 rings (SSSR count). The van der Waals surface area contributed by atoms with Gasteiger partial charge >= 0.3 is 0 Å². The largest absolute Gasteiger partial charge is 0.355 e. The molecule has 1 saturated heterocycles. The third kappa shape index (κ3) is 5.07. The van der Waals surface area contributed by atoms with Gasteiger partial charge in [-0.1, -0.05) is 17.3 Å². The van der Waals surface area contributed by atoms with E-state index in [9.17, 15) is 17.6 Å². The molecule has 3 aromatic rings. The molecule has 0 atom stereocenters. The van der Waals surface area contributed by atoms with Gasteiger partial charge in [0.1, 0.15) is 11.5 Å². The predicted molar refractivity (Wildman–Crippen MR) is 126 cm³/mol. The number of rotatable bonds is 6. The van der Waals surface area contributed by atoms with Crippen LogP contribution in [0.3, 0.4) is 0 Å². The highest BCUT2D eigenvalue weighted by Gasteiger charge is 2.36. The number of benzene rings is 1. The van der Waals surface area contributed by atoms with Crippen molar-refractivity contribution in [2.75, 3.05) is 18.4 Å². The highest BCUT2D eigenvalue weighted by atomic mass is 32.2. The molecule has 1 aromatic carbocycles. The van der Waals surface area contributed by atoms with Gasteiger partial charge in [-0.3, -0.25) is 4.79 Å². The van der Waals surface area contributed by atoms with Gasteiger partial charge in [-0.2, -0.15) is 4.31 Å². The minimum absolute atomic E-state index is 0.0494. The summed E-state index contributed by atoms with van der Waals surface area (Å²) in [6.07, 6.45) is 4.13. The Morgan fingerprint density at radius 2 is 2.00 bits per heavy atom. The van der Waals surface area contributed by atoms with Crippen molar-refractivity contribution in [3.05, 3.63) is 63.4 Å². The van der Waals surface area contributed by atoms with Crippen molar-refractivity contribution >= 4 is 45.1 Å². The molecule has 1 aliphatic rings. The Balaban J connectivity index is 1.43. The average molecular weight is 490 g/mol. The number of nitrogens with one attached hydrogen (secondary N) is 1. The van der Waals surface area contributed by atoms with Gasteiger partial charge in [0.15, 0.2) is 10.7 Å². The maximum atomic E-state index is 13.7. The first-order valence-corrected chi connectivity index (χ1v) is 12.8. The van der Waals surface area contributed by atoms with Crippen LogP contribution in [0.15, 0.2) is 45.1 Å². The molecule has 1 amide bonds. The summed E-state index contributed by atoms with van der Waals surface area (Å²) in [4.78, 5) is 13.6. The van der Waals surface area contributed by atoms with Crippen molar-refractivity contribution in [3.8, 4) is 0 Å². The number of aryl methyl sites for hydroxylation is 2. The lowest BCUT2D eigenvalue weighted by Gasteiger charge is -2.30. The van der Waals surface area contributed by atoms with E-state index in [2.05, 4.69) is 10.5 Å². The molecule has 0 spiro atoms. The molecule has 0 radical (unpaired) electrons. The van der Waals surface area contributed by atoms with Crippen LogP contribution in [0.4, 0.5) is 10.1 Å². The van der Waals surface area contributed by atoms with E-state index in [4.69, 9.17) is 4.52 Å². The number of sulfonamides is 1. The van der Waals surface area contributed by atoms with Gasteiger partial charge in [-0.25, -0.2) is 12.8 Å². The van der Waals surface area contributed by atoms with Crippen LogP contribution < -0.4 is 5.32 Å². The third-order valence-corrected chi connectivity index (χ3v) is 8.53. The van der Waals surface area contributed by atoms with Crippen LogP contribution in [0.25, 0.3) is 12.2 Å². The van der Waals surface area contributed by atoms with E-state index in [-0.39, 0.29) is 41.4 Å². The molecule has 1 N–H and O–H groups in total. The third-order valence-electron chi connectivity index (χ3n) is 5.64. The fraction of sp³-hybridized carbons (Fsp3) is 0.304. The number of piperidine rings is 1. The molecule has 0 aliphatic carbocycles. The number of aromatic nitrogens is 1. The highest BCUT2D eigenvalue weighted by molar-refractivity contribution is 7.89. The fourth-order valence-electron chi connectivity index (χ4n) is 3.75. The first-order valence-electron chi connectivity index (χ1n) is 10.5. The van der Waals surface area contributed by atoms with Gasteiger partial charge in [0.05, 0.1) is 0 Å². The zero-order chi connectivity index (χ0) is 23.6. The summed E-state index contributed by atoms with van der Waals surface area (Å²) in [5.41, 5.74) is 1.18. The number of anilines is 1. The minimum atomic E-state index is -3.84. The average Bonchev–Trinajstić information content (AvgIpc) is 3.44. The Hall–Kier alpha value is -2.82.